The SMILES string of the molecule is C1CCC(C2CNC3NCC(C4CCOC4)C3C2)C(CN2CCOCC2)C1. The fourth-order valence-electron chi connectivity index (χ4n) is 6.99. The van der Waals surface area contributed by atoms with Gasteiger partial charge in [-0.05, 0) is 67.7 Å². The summed E-state index contributed by atoms with van der Waals surface area (Å²) in [5, 5.41) is 7.72. The van der Waals surface area contributed by atoms with Crippen LogP contribution in [0.3, 0.4) is 0 Å². The van der Waals surface area contributed by atoms with Gasteiger partial charge in [-0.2, -0.15) is 0 Å². The normalized spacial score (nSPS) is 46.4. The largest absolute Gasteiger partial charge is 0.381 e. The van der Waals surface area contributed by atoms with Crippen LogP contribution in [0.5, 0.6) is 0 Å². The smallest absolute Gasteiger partial charge is 0.0604 e. The third kappa shape index (κ3) is 4.09. The van der Waals surface area contributed by atoms with Gasteiger partial charge in [0.25, 0.3) is 0 Å². The average molecular weight is 378 g/mol. The zero-order valence-corrected chi connectivity index (χ0v) is 16.9. The van der Waals surface area contributed by atoms with Crippen molar-refractivity contribution in [3.8, 4) is 0 Å². The first-order chi connectivity index (χ1) is 13.4. The first-order valence-electron chi connectivity index (χ1n) is 11.7. The molecule has 7 atom stereocenters. The van der Waals surface area contributed by atoms with Crippen LogP contribution in [0.4, 0.5) is 0 Å². The van der Waals surface area contributed by atoms with Crippen molar-refractivity contribution in [3.05, 3.63) is 0 Å². The van der Waals surface area contributed by atoms with E-state index in [1.54, 1.807) is 0 Å². The molecule has 7 unspecified atom stereocenters. The first-order valence-corrected chi connectivity index (χ1v) is 11.7. The van der Waals surface area contributed by atoms with Gasteiger partial charge in [0, 0.05) is 39.4 Å². The Morgan fingerprint density at radius 3 is 2.48 bits per heavy atom. The van der Waals surface area contributed by atoms with Gasteiger partial charge in [-0.15, -0.1) is 0 Å². The number of hydrogen-bond acceptors (Lipinski definition) is 5. The van der Waals surface area contributed by atoms with Gasteiger partial charge in [0.05, 0.1) is 19.4 Å². The summed E-state index contributed by atoms with van der Waals surface area (Å²) in [5.74, 6) is 5.15. The molecule has 5 rings (SSSR count). The molecule has 0 aromatic heterocycles. The van der Waals surface area contributed by atoms with Gasteiger partial charge < -0.3 is 20.1 Å². The maximum absolute atomic E-state index is 5.73. The van der Waals surface area contributed by atoms with Crippen LogP contribution >= 0.6 is 0 Å². The lowest BCUT2D eigenvalue weighted by atomic mass is 9.66. The Hall–Kier alpha value is -0.200. The van der Waals surface area contributed by atoms with Crippen LogP contribution in [-0.4, -0.2) is 70.2 Å². The second-order valence-electron chi connectivity index (χ2n) is 9.86. The minimum absolute atomic E-state index is 0.563. The molecule has 1 saturated carbocycles. The number of ether oxygens (including phenoxy) is 2. The third-order valence-corrected chi connectivity index (χ3v) is 8.47. The van der Waals surface area contributed by atoms with Gasteiger partial charge in [-0.25, -0.2) is 0 Å². The molecule has 0 aromatic rings. The Balaban J connectivity index is 1.23. The maximum atomic E-state index is 5.73. The molecule has 0 amide bonds. The number of piperidine rings is 1. The van der Waals surface area contributed by atoms with Crippen molar-refractivity contribution in [1.29, 1.82) is 0 Å². The van der Waals surface area contributed by atoms with Crippen LogP contribution in [0, 0.1) is 35.5 Å². The van der Waals surface area contributed by atoms with E-state index in [2.05, 4.69) is 15.5 Å². The first kappa shape index (κ1) is 18.8. The van der Waals surface area contributed by atoms with Crippen molar-refractivity contribution in [1.82, 2.24) is 15.5 Å². The molecule has 4 saturated heterocycles. The maximum Gasteiger partial charge on any atom is 0.0604 e. The standard InChI is InChI=1S/C22H39N3O2/c1-2-4-19(16(3-1)14-25-6-9-26-10-7-25)18-11-20-21(17-5-8-27-15-17)13-24-22(20)23-12-18/h16-24H,1-15H2. The molecule has 4 aliphatic heterocycles. The van der Waals surface area contributed by atoms with Crippen molar-refractivity contribution in [3.63, 3.8) is 0 Å². The lowest BCUT2D eigenvalue weighted by Crippen LogP contribution is -2.52. The van der Waals surface area contributed by atoms with Crippen LogP contribution < -0.4 is 10.6 Å². The van der Waals surface area contributed by atoms with E-state index in [0.29, 0.717) is 6.17 Å². The van der Waals surface area contributed by atoms with E-state index in [1.807, 2.05) is 0 Å². The molecule has 27 heavy (non-hydrogen) atoms. The molecule has 4 heterocycles. The number of hydrogen-bond donors (Lipinski definition) is 2. The quantitative estimate of drug-likeness (QED) is 0.784. The van der Waals surface area contributed by atoms with E-state index in [1.165, 1.54) is 58.2 Å². The fraction of sp³-hybridized carbons (Fsp3) is 1.00. The molecule has 2 N–H and O–H groups in total. The Morgan fingerprint density at radius 2 is 1.63 bits per heavy atom. The molecular formula is C22H39N3O2. The number of fused-ring (bicyclic) bond motifs is 1. The van der Waals surface area contributed by atoms with Crippen LogP contribution in [0.2, 0.25) is 0 Å². The van der Waals surface area contributed by atoms with Crippen molar-refractivity contribution >= 4 is 0 Å². The monoisotopic (exact) mass is 377 g/mol. The highest BCUT2D eigenvalue weighted by atomic mass is 16.5. The highest BCUT2D eigenvalue weighted by molar-refractivity contribution is 4.99. The average Bonchev–Trinajstić information content (AvgIpc) is 3.38. The minimum atomic E-state index is 0.563. The second-order valence-corrected chi connectivity index (χ2v) is 9.86. The summed E-state index contributed by atoms with van der Waals surface area (Å²) in [7, 11) is 0. The highest BCUT2D eigenvalue weighted by Crippen LogP contribution is 2.44. The summed E-state index contributed by atoms with van der Waals surface area (Å²) in [6.45, 7) is 9.89. The van der Waals surface area contributed by atoms with Gasteiger partial charge in [0.2, 0.25) is 0 Å². The number of nitrogens with zero attached hydrogens (tertiary/aromatic N) is 1. The van der Waals surface area contributed by atoms with Crippen molar-refractivity contribution in [2.75, 3.05) is 59.2 Å². The van der Waals surface area contributed by atoms with E-state index in [-0.39, 0.29) is 0 Å². The van der Waals surface area contributed by atoms with E-state index in [4.69, 9.17) is 9.47 Å². The van der Waals surface area contributed by atoms with Gasteiger partial charge in [-0.3, -0.25) is 4.90 Å². The number of nitrogens with one attached hydrogen (secondary N) is 2. The molecule has 0 aromatic carbocycles. The summed E-state index contributed by atoms with van der Waals surface area (Å²) in [5.41, 5.74) is 0. The highest BCUT2D eigenvalue weighted by Gasteiger charge is 2.46. The Bertz CT molecular complexity index is 478. The molecule has 1 aliphatic carbocycles. The van der Waals surface area contributed by atoms with Gasteiger partial charge in [-0.1, -0.05) is 12.8 Å². The molecule has 5 nitrogen and oxygen atoms in total. The zero-order valence-electron chi connectivity index (χ0n) is 16.9. The molecule has 5 fully saturated rings. The van der Waals surface area contributed by atoms with Crippen LogP contribution in [0.15, 0.2) is 0 Å². The van der Waals surface area contributed by atoms with Gasteiger partial charge >= 0.3 is 0 Å². The van der Waals surface area contributed by atoms with Crippen molar-refractivity contribution in [2.24, 2.45) is 35.5 Å². The summed E-state index contributed by atoms with van der Waals surface area (Å²) < 4.78 is 11.3. The Morgan fingerprint density at radius 1 is 0.778 bits per heavy atom. The molecule has 0 bridgehead atoms. The second kappa shape index (κ2) is 8.66. The van der Waals surface area contributed by atoms with E-state index < -0.39 is 0 Å². The molecule has 0 spiro atoms. The molecular weight excluding hydrogens is 338 g/mol. The van der Waals surface area contributed by atoms with Crippen LogP contribution in [-0.2, 0) is 9.47 Å². The lowest BCUT2D eigenvalue weighted by Gasteiger charge is -2.45. The van der Waals surface area contributed by atoms with Crippen molar-refractivity contribution in [2.45, 2.75) is 44.7 Å². The topological polar surface area (TPSA) is 45.8 Å². The van der Waals surface area contributed by atoms with E-state index >= 15 is 0 Å². The van der Waals surface area contributed by atoms with E-state index in [0.717, 1.165) is 75.0 Å². The summed E-state index contributed by atoms with van der Waals surface area (Å²) >= 11 is 0. The third-order valence-electron chi connectivity index (χ3n) is 8.47. The molecule has 5 aliphatic rings. The summed E-state index contributed by atoms with van der Waals surface area (Å²) in [6, 6.07) is 0. The van der Waals surface area contributed by atoms with Gasteiger partial charge in [0.1, 0.15) is 0 Å². The Labute approximate surface area is 164 Å². The Kier molecular flexibility index (Phi) is 6.03. The molecule has 0 radical (unpaired) electrons. The van der Waals surface area contributed by atoms with Gasteiger partial charge in [0.15, 0.2) is 0 Å². The summed E-state index contributed by atoms with van der Waals surface area (Å²) in [6.07, 6.45) is 9.09. The van der Waals surface area contributed by atoms with Crippen LogP contribution in [0.1, 0.15) is 38.5 Å². The van der Waals surface area contributed by atoms with Crippen LogP contribution in [0.25, 0.3) is 0 Å². The number of morpholine rings is 1. The zero-order chi connectivity index (χ0) is 18.1. The fourth-order valence-corrected chi connectivity index (χ4v) is 6.99. The molecule has 5 heteroatoms. The van der Waals surface area contributed by atoms with E-state index in [9.17, 15) is 0 Å². The minimum Gasteiger partial charge on any atom is -0.381 e. The lowest BCUT2D eigenvalue weighted by molar-refractivity contribution is 0.00943. The predicted octanol–water partition coefficient (Wildman–Crippen LogP) is 1.93. The molecule has 154 valence electrons. The van der Waals surface area contributed by atoms with Crippen molar-refractivity contribution < 1.29 is 9.47 Å². The predicted molar refractivity (Wildman–Crippen MR) is 107 cm³/mol. The summed E-state index contributed by atoms with van der Waals surface area (Å²) in [4.78, 5) is 2.68. The number of rotatable bonds is 4.